The summed E-state index contributed by atoms with van der Waals surface area (Å²) in [6, 6.07) is 20.3. The molecule has 7 heteroatoms. The molecule has 1 fully saturated rings. The molecule has 2 heterocycles. The maximum absolute atomic E-state index is 13.0. The Labute approximate surface area is 207 Å². The van der Waals surface area contributed by atoms with Gasteiger partial charge in [-0.25, -0.2) is 4.79 Å². The molecule has 0 radical (unpaired) electrons. The third-order valence-corrected chi connectivity index (χ3v) is 6.21. The minimum Gasteiger partial charge on any atom is -0.354 e. The monoisotopic (exact) mass is 471 g/mol. The molecule has 1 saturated heterocycles. The van der Waals surface area contributed by atoms with Crippen LogP contribution in [-0.2, 0) is 11.2 Å². The van der Waals surface area contributed by atoms with Gasteiger partial charge in [0.25, 0.3) is 0 Å². The van der Waals surface area contributed by atoms with Crippen molar-refractivity contribution in [3.8, 4) is 11.1 Å². The summed E-state index contributed by atoms with van der Waals surface area (Å²) in [5.41, 5.74) is 3.78. The van der Waals surface area contributed by atoms with Crippen LogP contribution < -0.4 is 16.0 Å². The average Bonchev–Trinajstić information content (AvgIpc) is 3.41. The van der Waals surface area contributed by atoms with E-state index in [1.54, 1.807) is 12.4 Å². The Morgan fingerprint density at radius 2 is 1.57 bits per heavy atom. The fourth-order valence-corrected chi connectivity index (χ4v) is 4.31. The van der Waals surface area contributed by atoms with Gasteiger partial charge in [0.15, 0.2) is 0 Å². The molecule has 3 aromatic rings. The van der Waals surface area contributed by atoms with E-state index in [9.17, 15) is 9.59 Å². The van der Waals surface area contributed by atoms with E-state index in [2.05, 4.69) is 25.8 Å². The highest BCUT2D eigenvalue weighted by atomic mass is 16.2. The first-order chi connectivity index (χ1) is 17.2. The van der Waals surface area contributed by atoms with Crippen molar-refractivity contribution < 1.29 is 9.59 Å². The number of rotatable bonds is 10. The Morgan fingerprint density at radius 1 is 0.886 bits per heavy atom. The zero-order valence-corrected chi connectivity index (χ0v) is 20.0. The highest BCUT2D eigenvalue weighted by Gasteiger charge is 2.21. The van der Waals surface area contributed by atoms with Crippen LogP contribution >= 0.6 is 0 Å². The summed E-state index contributed by atoms with van der Waals surface area (Å²) in [5, 5.41) is 8.69. The second-order valence-corrected chi connectivity index (χ2v) is 8.85. The van der Waals surface area contributed by atoms with E-state index in [-0.39, 0.29) is 5.91 Å². The van der Waals surface area contributed by atoms with Gasteiger partial charge in [-0.1, -0.05) is 42.5 Å². The van der Waals surface area contributed by atoms with Crippen molar-refractivity contribution in [2.75, 3.05) is 31.5 Å². The van der Waals surface area contributed by atoms with Crippen LogP contribution in [0, 0.1) is 0 Å². The van der Waals surface area contributed by atoms with Crippen molar-refractivity contribution in [3.63, 3.8) is 0 Å². The van der Waals surface area contributed by atoms with E-state index in [4.69, 9.17) is 0 Å². The number of pyridine rings is 1. The van der Waals surface area contributed by atoms with Gasteiger partial charge in [0.2, 0.25) is 5.91 Å². The molecule has 182 valence electrons. The first kappa shape index (κ1) is 24.4. The number of urea groups is 1. The summed E-state index contributed by atoms with van der Waals surface area (Å²) in [6.45, 7) is 3.87. The van der Waals surface area contributed by atoms with Gasteiger partial charge in [0, 0.05) is 31.0 Å². The quantitative estimate of drug-likeness (QED) is 0.389. The van der Waals surface area contributed by atoms with Gasteiger partial charge in [-0.3, -0.25) is 9.78 Å². The smallest absolute Gasteiger partial charge is 0.319 e. The Morgan fingerprint density at radius 3 is 2.29 bits per heavy atom. The topological polar surface area (TPSA) is 86.4 Å². The molecule has 0 aliphatic carbocycles. The third-order valence-electron chi connectivity index (χ3n) is 6.21. The Kier molecular flexibility index (Phi) is 8.84. The van der Waals surface area contributed by atoms with Gasteiger partial charge in [0.05, 0.1) is 0 Å². The van der Waals surface area contributed by atoms with Crippen molar-refractivity contribution >= 4 is 17.6 Å². The zero-order chi connectivity index (χ0) is 24.3. The lowest BCUT2D eigenvalue weighted by Crippen LogP contribution is -2.49. The van der Waals surface area contributed by atoms with Crippen molar-refractivity contribution in [2.24, 2.45) is 0 Å². The van der Waals surface area contributed by atoms with Gasteiger partial charge in [-0.15, -0.1) is 0 Å². The fourth-order valence-electron chi connectivity index (χ4n) is 4.31. The van der Waals surface area contributed by atoms with Crippen LogP contribution in [0.4, 0.5) is 10.5 Å². The first-order valence-electron chi connectivity index (χ1n) is 12.3. The maximum Gasteiger partial charge on any atom is 0.319 e. The number of aromatic nitrogens is 1. The standard InChI is InChI=1S/C28H33N5O2/c34-27(30-15-6-20-33-18-4-5-19-33)26(21-22-13-16-29-17-14-22)32-28(35)31-25-11-9-24(10-12-25)23-7-2-1-3-8-23/h1-3,7-14,16-17,26H,4-6,15,18-21H2,(H,30,34)(H2,31,32,35)/t26-/m0/s1. The summed E-state index contributed by atoms with van der Waals surface area (Å²) in [4.78, 5) is 32.2. The number of carbonyl (C=O) groups is 2. The lowest BCUT2D eigenvalue weighted by Gasteiger charge is -2.20. The summed E-state index contributed by atoms with van der Waals surface area (Å²) in [7, 11) is 0. The molecule has 35 heavy (non-hydrogen) atoms. The first-order valence-corrected chi connectivity index (χ1v) is 12.3. The lowest BCUT2D eigenvalue weighted by molar-refractivity contribution is -0.122. The van der Waals surface area contributed by atoms with Gasteiger partial charge in [0.1, 0.15) is 6.04 Å². The number of likely N-dealkylation sites (tertiary alicyclic amines) is 1. The molecule has 1 aromatic heterocycles. The Balaban J connectivity index is 1.32. The normalized spacial score (nSPS) is 14.3. The maximum atomic E-state index is 13.0. The van der Waals surface area contributed by atoms with Crippen LogP contribution in [0.25, 0.3) is 11.1 Å². The number of carbonyl (C=O) groups excluding carboxylic acids is 2. The summed E-state index contributed by atoms with van der Waals surface area (Å²) in [6.07, 6.45) is 7.18. The molecule has 3 N–H and O–H groups in total. The Hall–Kier alpha value is -3.71. The van der Waals surface area contributed by atoms with E-state index >= 15 is 0 Å². The van der Waals surface area contributed by atoms with Crippen LogP contribution in [0.5, 0.6) is 0 Å². The van der Waals surface area contributed by atoms with Gasteiger partial charge in [-0.2, -0.15) is 0 Å². The number of anilines is 1. The van der Waals surface area contributed by atoms with Crippen LogP contribution in [-0.4, -0.2) is 54.0 Å². The highest BCUT2D eigenvalue weighted by Crippen LogP contribution is 2.21. The zero-order valence-electron chi connectivity index (χ0n) is 20.0. The van der Waals surface area contributed by atoms with E-state index in [0.29, 0.717) is 18.7 Å². The fraction of sp³-hybridized carbons (Fsp3) is 0.321. The highest BCUT2D eigenvalue weighted by molar-refractivity contribution is 5.94. The van der Waals surface area contributed by atoms with E-state index in [0.717, 1.165) is 42.7 Å². The largest absolute Gasteiger partial charge is 0.354 e. The molecule has 0 spiro atoms. The van der Waals surface area contributed by atoms with Crippen LogP contribution in [0.15, 0.2) is 79.1 Å². The average molecular weight is 472 g/mol. The molecular formula is C28H33N5O2. The summed E-state index contributed by atoms with van der Waals surface area (Å²) < 4.78 is 0. The molecule has 0 saturated carbocycles. The predicted octanol–water partition coefficient (Wildman–Crippen LogP) is 4.08. The number of benzene rings is 2. The SMILES string of the molecule is O=C(Nc1ccc(-c2ccccc2)cc1)N[C@@H](Cc1ccncc1)C(=O)NCCCN1CCCC1. The van der Waals surface area contributed by atoms with Gasteiger partial charge in [-0.05, 0) is 79.9 Å². The molecule has 2 aromatic carbocycles. The predicted molar refractivity (Wildman–Crippen MR) is 139 cm³/mol. The molecule has 3 amide bonds. The van der Waals surface area contributed by atoms with Crippen molar-refractivity contribution in [3.05, 3.63) is 84.7 Å². The van der Waals surface area contributed by atoms with Crippen LogP contribution in [0.2, 0.25) is 0 Å². The Bertz CT molecular complexity index is 1070. The number of nitrogens with zero attached hydrogens (tertiary/aromatic N) is 2. The summed E-state index contributed by atoms with van der Waals surface area (Å²) in [5.74, 6) is -0.183. The molecule has 0 unspecified atom stereocenters. The van der Waals surface area contributed by atoms with Gasteiger partial charge < -0.3 is 20.9 Å². The molecular weight excluding hydrogens is 438 g/mol. The second kappa shape index (κ2) is 12.7. The molecule has 1 atom stereocenters. The summed E-state index contributed by atoms with van der Waals surface area (Å²) >= 11 is 0. The number of nitrogens with one attached hydrogen (secondary N) is 3. The van der Waals surface area contributed by atoms with Crippen LogP contribution in [0.1, 0.15) is 24.8 Å². The van der Waals surface area contributed by atoms with Crippen molar-refractivity contribution in [1.29, 1.82) is 0 Å². The van der Waals surface area contributed by atoms with E-state index < -0.39 is 12.1 Å². The second-order valence-electron chi connectivity index (χ2n) is 8.85. The van der Waals surface area contributed by atoms with Crippen molar-refractivity contribution in [2.45, 2.75) is 31.7 Å². The number of amides is 3. The van der Waals surface area contributed by atoms with Crippen molar-refractivity contribution in [1.82, 2.24) is 20.5 Å². The molecule has 1 aliphatic heterocycles. The molecule has 0 bridgehead atoms. The molecule has 4 rings (SSSR count). The minimum absolute atomic E-state index is 0.183. The molecule has 1 aliphatic rings. The lowest BCUT2D eigenvalue weighted by atomic mass is 10.1. The minimum atomic E-state index is -0.687. The number of hydrogen-bond donors (Lipinski definition) is 3. The third kappa shape index (κ3) is 7.65. The van der Waals surface area contributed by atoms with E-state index in [1.165, 1.54) is 12.8 Å². The molecule has 7 nitrogen and oxygen atoms in total. The van der Waals surface area contributed by atoms with Crippen LogP contribution in [0.3, 0.4) is 0 Å². The van der Waals surface area contributed by atoms with E-state index in [1.807, 2.05) is 66.7 Å². The number of hydrogen-bond acceptors (Lipinski definition) is 4. The van der Waals surface area contributed by atoms with Gasteiger partial charge >= 0.3 is 6.03 Å².